The molecule has 4 amide bonds. The third-order valence-electron chi connectivity index (χ3n) is 6.83. The van der Waals surface area contributed by atoms with E-state index in [4.69, 9.17) is 4.74 Å². The van der Waals surface area contributed by atoms with Gasteiger partial charge in [-0.2, -0.15) is 0 Å². The molecule has 0 spiro atoms. The summed E-state index contributed by atoms with van der Waals surface area (Å²) in [5.74, 6) is -2.73. The molecule has 2 aromatic carbocycles. The van der Waals surface area contributed by atoms with Crippen LogP contribution in [0.3, 0.4) is 0 Å². The fourth-order valence-electron chi connectivity index (χ4n) is 4.66. The molecule has 3 atom stereocenters. The number of likely N-dealkylation sites (tertiary alicyclic amines) is 1. The lowest BCUT2D eigenvalue weighted by atomic mass is 10.0. The van der Waals surface area contributed by atoms with Crippen molar-refractivity contribution in [3.8, 4) is 0 Å². The van der Waals surface area contributed by atoms with Crippen LogP contribution < -0.4 is 16.0 Å². The predicted molar refractivity (Wildman–Crippen MR) is 151 cm³/mol. The van der Waals surface area contributed by atoms with Crippen molar-refractivity contribution in [2.24, 2.45) is 0 Å². The molecule has 1 heterocycles. The second-order valence-corrected chi connectivity index (χ2v) is 9.96. The number of benzene rings is 2. The highest BCUT2D eigenvalue weighted by atomic mass is 16.5. The summed E-state index contributed by atoms with van der Waals surface area (Å²) in [6, 6.07) is 15.3. The molecule has 0 bridgehead atoms. The summed E-state index contributed by atoms with van der Waals surface area (Å²) < 4.78 is 5.23. The molecule has 1 fully saturated rings. The van der Waals surface area contributed by atoms with Gasteiger partial charge in [0.2, 0.25) is 17.7 Å². The van der Waals surface area contributed by atoms with E-state index in [1.165, 1.54) is 4.90 Å². The lowest BCUT2D eigenvalue weighted by molar-refractivity contribution is -0.149. The highest BCUT2D eigenvalue weighted by Crippen LogP contribution is 2.19. The van der Waals surface area contributed by atoms with Gasteiger partial charge in [0.05, 0.1) is 6.54 Å². The average Bonchev–Trinajstić information content (AvgIpc) is 3.48. The number of carbonyl (C=O) groups is 5. The zero-order valence-electron chi connectivity index (χ0n) is 23.2. The van der Waals surface area contributed by atoms with Crippen LogP contribution in [0.1, 0.15) is 50.2 Å². The number of nitrogens with zero attached hydrogens (tertiary/aromatic N) is 1. The van der Waals surface area contributed by atoms with E-state index in [9.17, 15) is 29.1 Å². The number of carbonyl (C=O) groups excluding carboxylic acids is 4. The fourth-order valence-corrected chi connectivity index (χ4v) is 4.66. The average molecular weight is 567 g/mol. The van der Waals surface area contributed by atoms with Crippen molar-refractivity contribution >= 4 is 29.8 Å². The third kappa shape index (κ3) is 9.93. The Hall–Kier alpha value is -4.41. The third-order valence-corrected chi connectivity index (χ3v) is 6.83. The van der Waals surface area contributed by atoms with E-state index in [2.05, 4.69) is 16.0 Å². The topological polar surface area (TPSA) is 154 Å². The summed E-state index contributed by atoms with van der Waals surface area (Å²) >= 11 is 0. The van der Waals surface area contributed by atoms with E-state index >= 15 is 0 Å². The molecular weight excluding hydrogens is 528 g/mol. The number of alkyl carbamates (subject to hydrolysis) is 1. The Morgan fingerprint density at radius 2 is 1.61 bits per heavy atom. The lowest BCUT2D eigenvalue weighted by Crippen LogP contribution is -2.55. The van der Waals surface area contributed by atoms with Crippen molar-refractivity contribution in [3.05, 3.63) is 71.8 Å². The standard InChI is InChI=1S/C30H38N4O7/c1-2-3-15-23(33-30(40)41-20-22-13-8-5-9-14-22)27(36)31-19-26(35)32-24(18-21-11-6-4-7-12-21)28(37)34-17-10-16-25(34)29(38)39/h4-9,11-14,23-25H,2-3,10,15-20H2,1H3,(H,31,36)(H,32,35)(H,33,40)(H,38,39)/t23-,24+,25+/m1/s1. The summed E-state index contributed by atoms with van der Waals surface area (Å²) in [5, 5.41) is 17.3. The molecule has 220 valence electrons. The minimum Gasteiger partial charge on any atom is -0.480 e. The van der Waals surface area contributed by atoms with Crippen LogP contribution >= 0.6 is 0 Å². The van der Waals surface area contributed by atoms with Gasteiger partial charge in [0, 0.05) is 13.0 Å². The number of unbranched alkanes of at least 4 members (excludes halogenated alkanes) is 1. The molecule has 1 saturated heterocycles. The molecule has 11 heteroatoms. The van der Waals surface area contributed by atoms with Gasteiger partial charge >= 0.3 is 12.1 Å². The largest absolute Gasteiger partial charge is 0.480 e. The van der Waals surface area contributed by atoms with E-state index in [1.807, 2.05) is 67.6 Å². The second kappa shape index (κ2) is 16.0. The van der Waals surface area contributed by atoms with Gasteiger partial charge in [0.1, 0.15) is 24.7 Å². The first-order valence-corrected chi connectivity index (χ1v) is 13.9. The minimum absolute atomic E-state index is 0.0494. The number of nitrogens with one attached hydrogen (secondary N) is 3. The molecule has 0 aliphatic carbocycles. The van der Waals surface area contributed by atoms with Gasteiger partial charge in [-0.25, -0.2) is 9.59 Å². The molecule has 2 aromatic rings. The molecule has 1 aliphatic rings. The number of amides is 4. The second-order valence-electron chi connectivity index (χ2n) is 9.96. The van der Waals surface area contributed by atoms with Crippen LogP contribution in [0.25, 0.3) is 0 Å². The normalized spacial score (nSPS) is 15.8. The summed E-state index contributed by atoms with van der Waals surface area (Å²) in [7, 11) is 0. The van der Waals surface area contributed by atoms with Crippen LogP contribution in [0, 0.1) is 0 Å². The number of hydrogen-bond acceptors (Lipinski definition) is 6. The van der Waals surface area contributed by atoms with E-state index in [0.717, 1.165) is 17.5 Å². The highest BCUT2D eigenvalue weighted by Gasteiger charge is 2.37. The molecule has 0 radical (unpaired) electrons. The summed E-state index contributed by atoms with van der Waals surface area (Å²) in [6.45, 7) is 1.87. The summed E-state index contributed by atoms with van der Waals surface area (Å²) in [6.07, 6.45) is 2.14. The summed E-state index contributed by atoms with van der Waals surface area (Å²) in [5.41, 5.74) is 1.59. The Kier molecular flexibility index (Phi) is 12.1. The number of aliphatic carboxylic acids is 1. The zero-order chi connectivity index (χ0) is 29.6. The fraction of sp³-hybridized carbons (Fsp3) is 0.433. The maximum Gasteiger partial charge on any atom is 0.408 e. The number of rotatable bonds is 14. The first kappa shape index (κ1) is 31.1. The molecule has 3 rings (SSSR count). The van der Waals surface area contributed by atoms with Crippen molar-refractivity contribution in [2.45, 2.75) is 70.2 Å². The number of carboxylic acid groups (broad SMARTS) is 1. The van der Waals surface area contributed by atoms with Gasteiger partial charge in [-0.05, 0) is 30.4 Å². The van der Waals surface area contributed by atoms with Gasteiger partial charge in [-0.3, -0.25) is 14.4 Å². The van der Waals surface area contributed by atoms with Crippen molar-refractivity contribution in [3.63, 3.8) is 0 Å². The zero-order valence-corrected chi connectivity index (χ0v) is 23.2. The predicted octanol–water partition coefficient (Wildman–Crippen LogP) is 2.39. The van der Waals surface area contributed by atoms with Crippen molar-refractivity contribution in [2.75, 3.05) is 13.1 Å². The lowest BCUT2D eigenvalue weighted by Gasteiger charge is -2.27. The Morgan fingerprint density at radius 3 is 2.24 bits per heavy atom. The first-order valence-electron chi connectivity index (χ1n) is 13.9. The number of ether oxygens (including phenoxy) is 1. The van der Waals surface area contributed by atoms with E-state index in [0.29, 0.717) is 32.2 Å². The van der Waals surface area contributed by atoms with Crippen molar-refractivity contribution in [1.29, 1.82) is 0 Å². The molecule has 0 unspecified atom stereocenters. The maximum atomic E-state index is 13.3. The van der Waals surface area contributed by atoms with Crippen LogP contribution in [-0.2, 0) is 36.9 Å². The van der Waals surface area contributed by atoms with Crippen molar-refractivity contribution in [1.82, 2.24) is 20.9 Å². The maximum absolute atomic E-state index is 13.3. The van der Waals surface area contributed by atoms with E-state index in [-0.39, 0.29) is 13.0 Å². The highest BCUT2D eigenvalue weighted by molar-refractivity contribution is 5.93. The number of hydrogen-bond donors (Lipinski definition) is 4. The Morgan fingerprint density at radius 1 is 0.951 bits per heavy atom. The smallest absolute Gasteiger partial charge is 0.408 e. The van der Waals surface area contributed by atoms with Gasteiger partial charge in [-0.15, -0.1) is 0 Å². The molecule has 0 saturated carbocycles. The van der Waals surface area contributed by atoms with Crippen LogP contribution in [0.2, 0.25) is 0 Å². The molecular formula is C30H38N4O7. The van der Waals surface area contributed by atoms with Gasteiger partial charge in [0.15, 0.2) is 0 Å². The molecule has 4 N–H and O–H groups in total. The van der Waals surface area contributed by atoms with Gasteiger partial charge in [0.25, 0.3) is 0 Å². The monoisotopic (exact) mass is 566 g/mol. The first-order chi connectivity index (χ1) is 19.8. The van der Waals surface area contributed by atoms with Gasteiger partial charge < -0.3 is 30.7 Å². The van der Waals surface area contributed by atoms with Crippen molar-refractivity contribution < 1.29 is 33.8 Å². The Bertz CT molecular complexity index is 1180. The molecule has 0 aromatic heterocycles. The molecule has 1 aliphatic heterocycles. The number of carboxylic acids is 1. The summed E-state index contributed by atoms with van der Waals surface area (Å²) in [4.78, 5) is 64.4. The van der Waals surface area contributed by atoms with Crippen LogP contribution in [0.4, 0.5) is 4.79 Å². The molecule has 11 nitrogen and oxygen atoms in total. The van der Waals surface area contributed by atoms with Crippen LogP contribution in [0.5, 0.6) is 0 Å². The van der Waals surface area contributed by atoms with Crippen LogP contribution in [-0.4, -0.2) is 71.0 Å². The Labute approximate surface area is 239 Å². The minimum atomic E-state index is -1.08. The SMILES string of the molecule is CCCC[C@@H](NC(=O)OCc1ccccc1)C(=O)NCC(=O)N[C@@H](Cc1ccccc1)C(=O)N1CCC[C@H]1C(=O)O. The Balaban J connectivity index is 1.59. The van der Waals surface area contributed by atoms with E-state index < -0.39 is 54.5 Å². The van der Waals surface area contributed by atoms with Gasteiger partial charge in [-0.1, -0.05) is 80.4 Å². The quantitative estimate of drug-likeness (QED) is 0.274. The van der Waals surface area contributed by atoms with E-state index in [1.54, 1.807) is 0 Å². The molecule has 41 heavy (non-hydrogen) atoms. The van der Waals surface area contributed by atoms with Crippen LogP contribution in [0.15, 0.2) is 60.7 Å².